The number of piperidine rings is 1. The zero-order chi connectivity index (χ0) is 16.8. The highest BCUT2D eigenvalue weighted by Crippen LogP contribution is 2.27. The smallest absolute Gasteiger partial charge is 0.198 e. The summed E-state index contributed by atoms with van der Waals surface area (Å²) in [6, 6.07) is 8.72. The second-order valence-electron chi connectivity index (χ2n) is 6.93. The minimum absolute atomic E-state index is 0. The van der Waals surface area contributed by atoms with Crippen LogP contribution in [0, 0.1) is 5.92 Å². The van der Waals surface area contributed by atoms with E-state index in [4.69, 9.17) is 4.99 Å². The second kappa shape index (κ2) is 10.4. The first-order valence-corrected chi connectivity index (χ1v) is 9.68. The number of nitrogens with one attached hydrogen (secondary N) is 1. The van der Waals surface area contributed by atoms with Crippen LogP contribution in [0.4, 0.5) is 5.69 Å². The third-order valence-corrected chi connectivity index (χ3v) is 5.43. The van der Waals surface area contributed by atoms with Crippen LogP contribution in [-0.4, -0.2) is 50.1 Å². The molecular weight excluding hydrogens is 423 g/mol. The van der Waals surface area contributed by atoms with Crippen molar-refractivity contribution in [3.63, 3.8) is 0 Å². The molecule has 3 rings (SSSR count). The molecule has 2 heterocycles. The zero-order valence-electron chi connectivity index (χ0n) is 15.7. The van der Waals surface area contributed by atoms with Crippen molar-refractivity contribution in [1.82, 2.24) is 10.2 Å². The second-order valence-corrected chi connectivity index (χ2v) is 6.93. The number of benzene rings is 1. The number of anilines is 1. The highest BCUT2D eigenvalue weighted by Gasteiger charge is 2.22. The maximum atomic E-state index is 4.95. The van der Waals surface area contributed by atoms with Gasteiger partial charge in [-0.3, -0.25) is 4.99 Å². The Bertz CT molecular complexity index is 552. The molecule has 4 nitrogen and oxygen atoms in total. The topological polar surface area (TPSA) is 30.9 Å². The summed E-state index contributed by atoms with van der Waals surface area (Å²) in [6.45, 7) is 11.1. The number of para-hydroxylation sites is 1. The van der Waals surface area contributed by atoms with Crippen LogP contribution in [0.2, 0.25) is 0 Å². The lowest BCUT2D eigenvalue weighted by molar-refractivity contribution is 0.188. The van der Waals surface area contributed by atoms with Crippen LogP contribution in [0.25, 0.3) is 0 Å². The monoisotopic (exact) mass is 456 g/mol. The summed E-state index contributed by atoms with van der Waals surface area (Å²) >= 11 is 0. The number of guanidine groups is 1. The van der Waals surface area contributed by atoms with Gasteiger partial charge >= 0.3 is 0 Å². The highest BCUT2D eigenvalue weighted by atomic mass is 127. The van der Waals surface area contributed by atoms with Crippen molar-refractivity contribution in [2.24, 2.45) is 10.9 Å². The Morgan fingerprint density at radius 2 is 1.92 bits per heavy atom. The van der Waals surface area contributed by atoms with Crippen molar-refractivity contribution in [1.29, 1.82) is 0 Å². The molecule has 2 aliphatic heterocycles. The third-order valence-electron chi connectivity index (χ3n) is 5.43. The summed E-state index contributed by atoms with van der Waals surface area (Å²) in [7, 11) is 0. The number of aliphatic imine (C=N–C) groups is 1. The van der Waals surface area contributed by atoms with E-state index in [-0.39, 0.29) is 24.0 Å². The van der Waals surface area contributed by atoms with Crippen LogP contribution >= 0.6 is 24.0 Å². The van der Waals surface area contributed by atoms with Crippen LogP contribution in [0.15, 0.2) is 29.3 Å². The largest absolute Gasteiger partial charge is 0.356 e. The minimum atomic E-state index is 0. The van der Waals surface area contributed by atoms with Crippen molar-refractivity contribution in [2.75, 3.05) is 44.2 Å². The molecule has 1 saturated heterocycles. The molecule has 0 amide bonds. The van der Waals surface area contributed by atoms with Gasteiger partial charge in [0.2, 0.25) is 0 Å². The summed E-state index contributed by atoms with van der Waals surface area (Å²) in [5, 5.41) is 3.49. The van der Waals surface area contributed by atoms with Gasteiger partial charge in [-0.25, -0.2) is 0 Å². The van der Waals surface area contributed by atoms with Gasteiger partial charge in [-0.2, -0.15) is 0 Å². The lowest BCUT2D eigenvalue weighted by atomic mass is 9.94. The first-order chi connectivity index (χ1) is 11.8. The first-order valence-electron chi connectivity index (χ1n) is 9.68. The molecule has 0 radical (unpaired) electrons. The van der Waals surface area contributed by atoms with Gasteiger partial charge in [-0.15, -0.1) is 24.0 Å². The molecule has 2 aliphatic rings. The normalized spacial score (nSPS) is 18.8. The van der Waals surface area contributed by atoms with E-state index in [9.17, 15) is 0 Å². The Morgan fingerprint density at radius 3 is 2.64 bits per heavy atom. The van der Waals surface area contributed by atoms with E-state index in [0.717, 1.165) is 37.9 Å². The Morgan fingerprint density at radius 1 is 1.16 bits per heavy atom. The molecule has 25 heavy (non-hydrogen) atoms. The Kier molecular flexibility index (Phi) is 8.49. The minimum Gasteiger partial charge on any atom is -0.356 e. The molecular formula is C20H33IN4. The van der Waals surface area contributed by atoms with Crippen LogP contribution in [0.5, 0.6) is 0 Å². The number of likely N-dealkylation sites (tertiary alicyclic amines) is 1. The maximum absolute atomic E-state index is 4.95. The molecule has 1 aromatic rings. The van der Waals surface area contributed by atoms with Crippen molar-refractivity contribution >= 4 is 35.6 Å². The molecule has 0 unspecified atom stereocenters. The standard InChI is InChI=1S/C20H32N4.HI/c1-3-21-20(24-16-12-18-7-5-6-8-19(18)24)22-13-9-17-10-14-23(4-2)15-11-17;/h5-8,17H,3-4,9-16H2,1-2H3,(H,21,22);1H. The van der Waals surface area contributed by atoms with Crippen molar-refractivity contribution < 1.29 is 0 Å². The molecule has 0 bridgehead atoms. The number of fused-ring (bicyclic) bond motifs is 1. The Balaban J connectivity index is 0.00000225. The average Bonchev–Trinajstić information content (AvgIpc) is 3.05. The molecule has 5 heteroatoms. The zero-order valence-corrected chi connectivity index (χ0v) is 18.0. The van der Waals surface area contributed by atoms with Gasteiger partial charge in [0.15, 0.2) is 5.96 Å². The van der Waals surface area contributed by atoms with Gasteiger partial charge in [-0.05, 0) is 69.8 Å². The van der Waals surface area contributed by atoms with Gasteiger partial charge in [0.1, 0.15) is 0 Å². The lowest BCUT2D eigenvalue weighted by Crippen LogP contribution is -2.40. The van der Waals surface area contributed by atoms with E-state index in [1.165, 1.54) is 50.1 Å². The molecule has 0 aliphatic carbocycles. The Hall–Kier alpha value is -0.820. The van der Waals surface area contributed by atoms with Crippen molar-refractivity contribution in [3.05, 3.63) is 29.8 Å². The van der Waals surface area contributed by atoms with E-state index in [0.29, 0.717) is 0 Å². The van der Waals surface area contributed by atoms with Gasteiger partial charge in [0.05, 0.1) is 0 Å². The molecule has 1 N–H and O–H groups in total. The first kappa shape index (κ1) is 20.5. The molecule has 0 aromatic heterocycles. The molecule has 140 valence electrons. The van der Waals surface area contributed by atoms with E-state index in [1.54, 1.807) is 0 Å². The maximum Gasteiger partial charge on any atom is 0.198 e. The molecule has 0 spiro atoms. The quantitative estimate of drug-likeness (QED) is 0.416. The third kappa shape index (κ3) is 5.33. The Labute approximate surface area is 170 Å². The van der Waals surface area contributed by atoms with Crippen molar-refractivity contribution in [3.8, 4) is 0 Å². The summed E-state index contributed by atoms with van der Waals surface area (Å²) < 4.78 is 0. The van der Waals surface area contributed by atoms with E-state index < -0.39 is 0 Å². The number of rotatable bonds is 5. The SMILES string of the molecule is CCNC(=NCCC1CCN(CC)CC1)N1CCc2ccccc21.I. The van der Waals surface area contributed by atoms with Gasteiger partial charge in [0.25, 0.3) is 0 Å². The van der Waals surface area contributed by atoms with E-state index in [2.05, 4.69) is 53.2 Å². The molecule has 0 atom stereocenters. The number of nitrogens with zero attached hydrogens (tertiary/aromatic N) is 3. The highest BCUT2D eigenvalue weighted by molar-refractivity contribution is 14.0. The fourth-order valence-electron chi connectivity index (χ4n) is 3.90. The fourth-order valence-corrected chi connectivity index (χ4v) is 3.90. The van der Waals surface area contributed by atoms with Crippen LogP contribution in [-0.2, 0) is 6.42 Å². The lowest BCUT2D eigenvalue weighted by Gasteiger charge is -2.30. The van der Waals surface area contributed by atoms with E-state index in [1.807, 2.05) is 0 Å². The van der Waals surface area contributed by atoms with Crippen molar-refractivity contribution in [2.45, 2.75) is 39.5 Å². The molecule has 1 aromatic carbocycles. The average molecular weight is 456 g/mol. The number of hydrogen-bond donors (Lipinski definition) is 1. The summed E-state index contributed by atoms with van der Waals surface area (Å²) in [6.07, 6.45) is 5.02. The predicted octanol–water partition coefficient (Wildman–Crippen LogP) is 3.75. The van der Waals surface area contributed by atoms with Gasteiger partial charge in [-0.1, -0.05) is 25.1 Å². The van der Waals surface area contributed by atoms with Gasteiger partial charge in [0, 0.05) is 25.3 Å². The fraction of sp³-hybridized carbons (Fsp3) is 0.650. The van der Waals surface area contributed by atoms with E-state index >= 15 is 0 Å². The summed E-state index contributed by atoms with van der Waals surface area (Å²) in [5.74, 6) is 1.92. The summed E-state index contributed by atoms with van der Waals surface area (Å²) in [4.78, 5) is 9.87. The number of hydrogen-bond acceptors (Lipinski definition) is 2. The van der Waals surface area contributed by atoms with Crippen LogP contribution in [0.3, 0.4) is 0 Å². The molecule has 1 fully saturated rings. The number of halogens is 1. The van der Waals surface area contributed by atoms with Gasteiger partial charge < -0.3 is 15.1 Å². The molecule has 0 saturated carbocycles. The predicted molar refractivity (Wildman–Crippen MR) is 118 cm³/mol. The van der Waals surface area contributed by atoms with Crippen LogP contribution in [0.1, 0.15) is 38.7 Å². The van der Waals surface area contributed by atoms with Crippen LogP contribution < -0.4 is 10.2 Å². The summed E-state index contributed by atoms with van der Waals surface area (Å²) in [5.41, 5.74) is 2.77.